The number of halogens is 1. The molecule has 2 N–H and O–H groups in total. The number of unbranched alkanes of at least 4 members (excludes halogenated alkanes) is 3. The second-order valence-electron chi connectivity index (χ2n) is 3.45. The molecule has 1 aliphatic heterocycles. The van der Waals surface area contributed by atoms with Crippen LogP contribution in [0, 0.1) is 0 Å². The standard InChI is InChI=1S/C10H16N2O3.ClH/c11-15-8-4-2-1-3-7-12-9(13)5-6-10(12)14;/h5-6H,1-4,7-8,11H2;1H. The van der Waals surface area contributed by atoms with Crippen molar-refractivity contribution < 1.29 is 14.4 Å². The topological polar surface area (TPSA) is 72.6 Å². The Kier molecular flexibility index (Phi) is 7.80. The summed E-state index contributed by atoms with van der Waals surface area (Å²) < 4.78 is 0. The molecule has 16 heavy (non-hydrogen) atoms. The highest BCUT2D eigenvalue weighted by Crippen LogP contribution is 2.07. The number of nitrogens with two attached hydrogens (primary N) is 1. The smallest absolute Gasteiger partial charge is 0.253 e. The number of carbonyl (C=O) groups is 2. The van der Waals surface area contributed by atoms with Gasteiger partial charge in [0.2, 0.25) is 0 Å². The van der Waals surface area contributed by atoms with E-state index in [0.29, 0.717) is 13.2 Å². The van der Waals surface area contributed by atoms with Crippen molar-refractivity contribution in [2.45, 2.75) is 25.7 Å². The minimum atomic E-state index is -0.203. The fourth-order valence-electron chi connectivity index (χ4n) is 1.46. The van der Waals surface area contributed by atoms with E-state index in [9.17, 15) is 9.59 Å². The van der Waals surface area contributed by atoms with Gasteiger partial charge in [-0.1, -0.05) is 12.8 Å². The summed E-state index contributed by atoms with van der Waals surface area (Å²) in [4.78, 5) is 28.0. The molecule has 6 heteroatoms. The summed E-state index contributed by atoms with van der Waals surface area (Å²) in [5.41, 5.74) is 0. The lowest BCUT2D eigenvalue weighted by Gasteiger charge is -2.12. The van der Waals surface area contributed by atoms with Crippen LogP contribution in [0.5, 0.6) is 0 Å². The summed E-state index contributed by atoms with van der Waals surface area (Å²) in [7, 11) is 0. The molecule has 0 saturated heterocycles. The van der Waals surface area contributed by atoms with Crippen LogP contribution in [0.4, 0.5) is 0 Å². The van der Waals surface area contributed by atoms with Crippen LogP contribution >= 0.6 is 12.4 Å². The molecular formula is C10H17ClN2O3. The molecule has 2 amide bonds. The zero-order valence-electron chi connectivity index (χ0n) is 9.05. The normalized spacial score (nSPS) is 14.4. The Bertz CT molecular complexity index is 251. The maximum Gasteiger partial charge on any atom is 0.253 e. The van der Waals surface area contributed by atoms with Gasteiger partial charge in [-0.25, -0.2) is 5.90 Å². The summed E-state index contributed by atoms with van der Waals surface area (Å²) in [5.74, 6) is 4.47. The van der Waals surface area contributed by atoms with Gasteiger partial charge in [-0.05, 0) is 12.8 Å². The molecule has 0 aromatic carbocycles. The Morgan fingerprint density at radius 3 is 2.19 bits per heavy atom. The second-order valence-corrected chi connectivity index (χ2v) is 3.45. The Morgan fingerprint density at radius 2 is 1.62 bits per heavy atom. The molecule has 0 bridgehead atoms. The monoisotopic (exact) mass is 248 g/mol. The quantitative estimate of drug-likeness (QED) is 0.411. The number of imide groups is 1. The number of rotatable bonds is 7. The predicted octanol–water partition coefficient (Wildman–Crippen LogP) is 0.784. The number of carbonyl (C=O) groups excluding carboxylic acids is 2. The molecular weight excluding hydrogens is 232 g/mol. The summed E-state index contributed by atoms with van der Waals surface area (Å²) in [5, 5.41) is 0. The van der Waals surface area contributed by atoms with Crippen molar-refractivity contribution in [1.29, 1.82) is 0 Å². The van der Waals surface area contributed by atoms with Gasteiger partial charge in [-0.3, -0.25) is 14.5 Å². The molecule has 0 atom stereocenters. The van der Waals surface area contributed by atoms with Gasteiger partial charge in [-0.15, -0.1) is 12.4 Å². The maximum absolute atomic E-state index is 11.1. The highest BCUT2D eigenvalue weighted by molar-refractivity contribution is 6.12. The lowest BCUT2D eigenvalue weighted by atomic mass is 10.2. The molecule has 0 aromatic rings. The molecule has 0 aliphatic carbocycles. The largest absolute Gasteiger partial charge is 0.305 e. The third-order valence-corrected chi connectivity index (χ3v) is 2.29. The van der Waals surface area contributed by atoms with E-state index < -0.39 is 0 Å². The van der Waals surface area contributed by atoms with Crippen LogP contribution in [0.2, 0.25) is 0 Å². The summed E-state index contributed by atoms with van der Waals surface area (Å²) in [6.07, 6.45) is 6.34. The third kappa shape index (κ3) is 4.74. The van der Waals surface area contributed by atoms with Crippen LogP contribution in [-0.2, 0) is 14.4 Å². The zero-order valence-corrected chi connectivity index (χ0v) is 9.87. The van der Waals surface area contributed by atoms with E-state index >= 15 is 0 Å². The van der Waals surface area contributed by atoms with Crippen LogP contribution in [0.15, 0.2) is 12.2 Å². The van der Waals surface area contributed by atoms with E-state index in [2.05, 4.69) is 4.84 Å². The van der Waals surface area contributed by atoms with Crippen molar-refractivity contribution in [3.63, 3.8) is 0 Å². The average Bonchev–Trinajstić information content (AvgIpc) is 2.54. The van der Waals surface area contributed by atoms with E-state index in [0.717, 1.165) is 25.7 Å². The van der Waals surface area contributed by atoms with Crippen molar-refractivity contribution in [3.05, 3.63) is 12.2 Å². The van der Waals surface area contributed by atoms with Gasteiger partial charge in [0.25, 0.3) is 11.8 Å². The highest BCUT2D eigenvalue weighted by Gasteiger charge is 2.21. The second kappa shape index (κ2) is 8.27. The zero-order chi connectivity index (χ0) is 11.1. The maximum atomic E-state index is 11.1. The molecule has 0 spiro atoms. The first-order valence-electron chi connectivity index (χ1n) is 5.11. The molecule has 0 aromatic heterocycles. The number of hydrogen-bond donors (Lipinski definition) is 1. The first kappa shape index (κ1) is 15.1. The lowest BCUT2D eigenvalue weighted by Crippen LogP contribution is -2.30. The molecule has 0 unspecified atom stereocenters. The Hall–Kier alpha value is -0.910. The molecule has 5 nitrogen and oxygen atoms in total. The molecule has 1 heterocycles. The van der Waals surface area contributed by atoms with Crippen LogP contribution < -0.4 is 5.90 Å². The SMILES string of the molecule is Cl.NOCCCCCCN1C(=O)C=CC1=O. The van der Waals surface area contributed by atoms with Crippen LogP contribution in [0.25, 0.3) is 0 Å². The van der Waals surface area contributed by atoms with Crippen LogP contribution in [0.1, 0.15) is 25.7 Å². The van der Waals surface area contributed by atoms with E-state index in [1.165, 1.54) is 17.1 Å². The lowest BCUT2D eigenvalue weighted by molar-refractivity contribution is -0.136. The molecule has 92 valence electrons. The minimum Gasteiger partial charge on any atom is -0.305 e. The van der Waals surface area contributed by atoms with Gasteiger partial charge in [0.15, 0.2) is 0 Å². The Balaban J connectivity index is 0.00000225. The van der Waals surface area contributed by atoms with Crippen molar-refractivity contribution in [2.24, 2.45) is 5.90 Å². The van der Waals surface area contributed by atoms with Gasteiger partial charge in [-0.2, -0.15) is 0 Å². The van der Waals surface area contributed by atoms with E-state index in [-0.39, 0.29) is 24.2 Å². The number of nitrogens with zero attached hydrogens (tertiary/aromatic N) is 1. The Morgan fingerprint density at radius 1 is 1.06 bits per heavy atom. The molecule has 1 aliphatic rings. The van der Waals surface area contributed by atoms with Gasteiger partial charge in [0.05, 0.1) is 6.61 Å². The summed E-state index contributed by atoms with van der Waals surface area (Å²) >= 11 is 0. The highest BCUT2D eigenvalue weighted by atomic mass is 35.5. The van der Waals surface area contributed by atoms with Crippen molar-refractivity contribution in [2.75, 3.05) is 13.2 Å². The average molecular weight is 249 g/mol. The molecule has 1 rings (SSSR count). The van der Waals surface area contributed by atoms with Crippen LogP contribution in [-0.4, -0.2) is 29.9 Å². The first-order chi connectivity index (χ1) is 7.25. The van der Waals surface area contributed by atoms with Gasteiger partial charge in [0, 0.05) is 18.7 Å². The number of amides is 2. The van der Waals surface area contributed by atoms with E-state index in [1.54, 1.807) is 0 Å². The fourth-order valence-corrected chi connectivity index (χ4v) is 1.46. The van der Waals surface area contributed by atoms with Gasteiger partial charge in [0.1, 0.15) is 0 Å². The Labute approximate surface area is 101 Å². The number of hydrogen-bond acceptors (Lipinski definition) is 4. The van der Waals surface area contributed by atoms with E-state index in [4.69, 9.17) is 5.90 Å². The van der Waals surface area contributed by atoms with Gasteiger partial charge >= 0.3 is 0 Å². The molecule has 0 radical (unpaired) electrons. The summed E-state index contributed by atoms with van der Waals surface area (Å²) in [6.45, 7) is 1.07. The van der Waals surface area contributed by atoms with Crippen LogP contribution in [0.3, 0.4) is 0 Å². The molecule has 0 saturated carbocycles. The minimum absolute atomic E-state index is 0. The summed E-state index contributed by atoms with van der Waals surface area (Å²) in [6, 6.07) is 0. The molecule has 0 fully saturated rings. The third-order valence-electron chi connectivity index (χ3n) is 2.29. The van der Waals surface area contributed by atoms with Gasteiger partial charge < -0.3 is 4.84 Å². The van der Waals surface area contributed by atoms with Crippen molar-refractivity contribution in [3.8, 4) is 0 Å². The fraction of sp³-hybridized carbons (Fsp3) is 0.600. The van der Waals surface area contributed by atoms with E-state index in [1.807, 2.05) is 0 Å². The first-order valence-corrected chi connectivity index (χ1v) is 5.11. The van der Waals surface area contributed by atoms with Crippen molar-refractivity contribution in [1.82, 2.24) is 4.90 Å². The van der Waals surface area contributed by atoms with Crippen molar-refractivity contribution >= 4 is 24.2 Å². The predicted molar refractivity (Wildman–Crippen MR) is 61.7 cm³/mol.